The van der Waals surface area contributed by atoms with E-state index < -0.39 is 0 Å². The zero-order valence-electron chi connectivity index (χ0n) is 10.4. The second kappa shape index (κ2) is 6.54. The average molecular weight is 290 g/mol. The van der Waals surface area contributed by atoms with Crippen LogP contribution in [-0.4, -0.2) is 28.3 Å². The monoisotopic (exact) mass is 290 g/mol. The number of thioether (sulfide) groups is 1. The maximum Gasteiger partial charge on any atom is 0.278 e. The molecule has 1 aliphatic heterocycles. The van der Waals surface area contributed by atoms with Crippen molar-refractivity contribution in [3.63, 3.8) is 0 Å². The van der Waals surface area contributed by atoms with Gasteiger partial charge in [0.15, 0.2) is 5.17 Å². The number of hydrogen-bond acceptors (Lipinski definition) is 4. The minimum Gasteiger partial charge on any atom is -0.282 e. The number of rotatable bonds is 5. The molecule has 0 unspecified atom stereocenters. The first-order chi connectivity index (χ1) is 9.26. The second-order valence-electron chi connectivity index (χ2n) is 3.74. The molecule has 3 nitrogen and oxygen atoms in total. The van der Waals surface area contributed by atoms with Gasteiger partial charge in [0, 0.05) is 17.2 Å². The molecule has 98 valence electrons. The highest BCUT2D eigenvalue weighted by Crippen LogP contribution is 2.25. The number of aliphatic imine (C=N–C) groups is 1. The van der Waals surface area contributed by atoms with Crippen LogP contribution in [0.1, 0.15) is 4.88 Å². The van der Waals surface area contributed by atoms with E-state index in [0.717, 1.165) is 10.6 Å². The van der Waals surface area contributed by atoms with Gasteiger partial charge in [0.05, 0.1) is 0 Å². The first-order valence-electron chi connectivity index (χ1n) is 5.76. The Balaban J connectivity index is 2.25. The summed E-state index contributed by atoms with van der Waals surface area (Å²) in [5.41, 5.74) is 0.482. The maximum absolute atomic E-state index is 12.3. The van der Waals surface area contributed by atoms with Crippen molar-refractivity contribution in [3.05, 3.63) is 53.4 Å². The van der Waals surface area contributed by atoms with Gasteiger partial charge in [-0.15, -0.1) is 24.5 Å². The zero-order chi connectivity index (χ0) is 13.7. The standard InChI is InChI=1S/C14H14N2OS2/c1-3-7-16-13(17)12(10-11-6-5-9-18-11)15-14(16)19-8-4-2/h3-6,9-10H,1-2,7-8H2. The van der Waals surface area contributed by atoms with Crippen LogP contribution >= 0.6 is 23.1 Å². The molecule has 0 radical (unpaired) electrons. The van der Waals surface area contributed by atoms with Crippen LogP contribution in [0.25, 0.3) is 6.08 Å². The van der Waals surface area contributed by atoms with Gasteiger partial charge in [0.1, 0.15) is 5.70 Å². The summed E-state index contributed by atoms with van der Waals surface area (Å²) in [5, 5.41) is 2.69. The van der Waals surface area contributed by atoms with Crippen LogP contribution in [0, 0.1) is 0 Å². The van der Waals surface area contributed by atoms with E-state index in [0.29, 0.717) is 17.4 Å². The molecule has 1 aliphatic rings. The van der Waals surface area contributed by atoms with Crippen LogP contribution in [-0.2, 0) is 4.79 Å². The Bertz CT molecular complexity index is 544. The van der Waals surface area contributed by atoms with E-state index in [1.807, 2.05) is 23.6 Å². The van der Waals surface area contributed by atoms with Crippen LogP contribution in [0.3, 0.4) is 0 Å². The fraction of sp³-hybridized carbons (Fsp3) is 0.143. The maximum atomic E-state index is 12.3. The third-order valence-corrected chi connectivity index (χ3v) is 4.17. The average Bonchev–Trinajstić information content (AvgIpc) is 3.00. The molecule has 0 spiro atoms. The molecule has 0 fully saturated rings. The molecule has 5 heteroatoms. The topological polar surface area (TPSA) is 32.7 Å². The molecule has 0 N–H and O–H groups in total. The van der Waals surface area contributed by atoms with Crippen molar-refractivity contribution in [1.82, 2.24) is 4.90 Å². The molecule has 19 heavy (non-hydrogen) atoms. The third kappa shape index (κ3) is 3.24. The number of hydrogen-bond donors (Lipinski definition) is 0. The summed E-state index contributed by atoms with van der Waals surface area (Å²) < 4.78 is 0. The summed E-state index contributed by atoms with van der Waals surface area (Å²) in [7, 11) is 0. The lowest BCUT2D eigenvalue weighted by molar-refractivity contribution is -0.122. The summed E-state index contributed by atoms with van der Waals surface area (Å²) in [6.07, 6.45) is 5.32. The first-order valence-corrected chi connectivity index (χ1v) is 7.63. The van der Waals surface area contributed by atoms with E-state index >= 15 is 0 Å². The minimum absolute atomic E-state index is 0.0696. The Labute approximate surface area is 121 Å². The fourth-order valence-corrected chi connectivity index (χ4v) is 2.97. The van der Waals surface area contributed by atoms with E-state index in [1.54, 1.807) is 28.4 Å². The van der Waals surface area contributed by atoms with Gasteiger partial charge in [-0.25, -0.2) is 4.99 Å². The van der Waals surface area contributed by atoms with Crippen LogP contribution in [0.15, 0.2) is 53.5 Å². The zero-order valence-corrected chi connectivity index (χ0v) is 12.0. The third-order valence-electron chi connectivity index (χ3n) is 2.38. The van der Waals surface area contributed by atoms with Crippen molar-refractivity contribution in [2.75, 3.05) is 12.3 Å². The van der Waals surface area contributed by atoms with Gasteiger partial charge >= 0.3 is 0 Å². The van der Waals surface area contributed by atoms with Gasteiger partial charge < -0.3 is 0 Å². The van der Waals surface area contributed by atoms with E-state index in [2.05, 4.69) is 18.2 Å². The van der Waals surface area contributed by atoms with Crippen molar-refractivity contribution in [2.45, 2.75) is 0 Å². The van der Waals surface area contributed by atoms with Crippen LogP contribution in [0.4, 0.5) is 0 Å². The molecule has 0 aromatic carbocycles. The Morgan fingerprint density at radius 3 is 2.89 bits per heavy atom. The Kier molecular flexibility index (Phi) is 4.76. The SMILES string of the molecule is C=CCSC1=NC(=Cc2cccs2)C(=O)N1CC=C. The molecule has 0 atom stereocenters. The molecular formula is C14H14N2OS2. The van der Waals surface area contributed by atoms with E-state index in [-0.39, 0.29) is 5.91 Å². The van der Waals surface area contributed by atoms with Gasteiger partial charge in [-0.2, -0.15) is 0 Å². The summed E-state index contributed by atoms with van der Waals surface area (Å²) in [4.78, 5) is 19.3. The molecule has 1 aromatic heterocycles. The number of amidine groups is 1. The summed E-state index contributed by atoms with van der Waals surface area (Å²) in [5.74, 6) is 0.659. The molecule has 2 rings (SSSR count). The van der Waals surface area contributed by atoms with Gasteiger partial charge in [0.2, 0.25) is 0 Å². The highest BCUT2D eigenvalue weighted by atomic mass is 32.2. The Hall–Kier alpha value is -1.59. The lowest BCUT2D eigenvalue weighted by Crippen LogP contribution is -2.30. The van der Waals surface area contributed by atoms with Crippen molar-refractivity contribution < 1.29 is 4.79 Å². The predicted molar refractivity (Wildman–Crippen MR) is 84.3 cm³/mol. The largest absolute Gasteiger partial charge is 0.282 e. The fourth-order valence-electron chi connectivity index (χ4n) is 1.57. The molecule has 0 saturated carbocycles. The van der Waals surface area contributed by atoms with Crippen molar-refractivity contribution in [2.24, 2.45) is 4.99 Å². The number of nitrogens with zero attached hydrogens (tertiary/aromatic N) is 2. The van der Waals surface area contributed by atoms with Gasteiger partial charge in [-0.1, -0.05) is 30.0 Å². The van der Waals surface area contributed by atoms with Gasteiger partial charge in [0.25, 0.3) is 5.91 Å². The normalized spacial score (nSPS) is 16.8. The number of thiophene rings is 1. The molecule has 1 aromatic rings. The Morgan fingerprint density at radius 1 is 1.42 bits per heavy atom. The first kappa shape index (κ1) is 13.8. The highest BCUT2D eigenvalue weighted by Gasteiger charge is 2.29. The Morgan fingerprint density at radius 2 is 2.26 bits per heavy atom. The summed E-state index contributed by atoms with van der Waals surface area (Å²) in [6.45, 7) is 7.83. The van der Waals surface area contributed by atoms with Gasteiger partial charge in [-0.05, 0) is 17.5 Å². The number of carbonyl (C=O) groups excluding carboxylic acids is 1. The highest BCUT2D eigenvalue weighted by molar-refractivity contribution is 8.14. The molecule has 0 bridgehead atoms. The summed E-state index contributed by atoms with van der Waals surface area (Å²) >= 11 is 3.09. The van der Waals surface area contributed by atoms with Crippen LogP contribution < -0.4 is 0 Å². The smallest absolute Gasteiger partial charge is 0.278 e. The van der Waals surface area contributed by atoms with Crippen LogP contribution in [0.5, 0.6) is 0 Å². The van der Waals surface area contributed by atoms with Crippen molar-refractivity contribution in [1.29, 1.82) is 0 Å². The molecule has 2 heterocycles. The molecule has 0 saturated heterocycles. The predicted octanol–water partition coefficient (Wildman–Crippen LogP) is 3.39. The van der Waals surface area contributed by atoms with Crippen molar-refractivity contribution >= 4 is 40.2 Å². The molecule has 1 amide bonds. The second-order valence-corrected chi connectivity index (χ2v) is 5.71. The number of carbonyl (C=O) groups is 1. The number of amides is 1. The van der Waals surface area contributed by atoms with E-state index in [9.17, 15) is 4.79 Å². The van der Waals surface area contributed by atoms with E-state index in [1.165, 1.54) is 11.8 Å². The van der Waals surface area contributed by atoms with Crippen molar-refractivity contribution in [3.8, 4) is 0 Å². The van der Waals surface area contributed by atoms with Crippen LogP contribution in [0.2, 0.25) is 0 Å². The quantitative estimate of drug-likeness (QED) is 0.615. The lowest BCUT2D eigenvalue weighted by Gasteiger charge is -2.14. The van der Waals surface area contributed by atoms with E-state index in [4.69, 9.17) is 0 Å². The molecule has 0 aliphatic carbocycles. The minimum atomic E-state index is -0.0696. The molecular weight excluding hydrogens is 276 g/mol. The lowest BCUT2D eigenvalue weighted by atomic mass is 10.3. The summed E-state index contributed by atoms with van der Waals surface area (Å²) in [6, 6.07) is 3.92. The van der Waals surface area contributed by atoms with Gasteiger partial charge in [-0.3, -0.25) is 9.69 Å².